The Labute approximate surface area is 138 Å². The van der Waals surface area contributed by atoms with Gasteiger partial charge in [0.15, 0.2) is 0 Å². The molecule has 0 bridgehead atoms. The number of amides is 2. The van der Waals surface area contributed by atoms with Gasteiger partial charge >= 0.3 is 0 Å². The summed E-state index contributed by atoms with van der Waals surface area (Å²) in [5.41, 5.74) is 1.55. The first kappa shape index (κ1) is 15.9. The van der Waals surface area contributed by atoms with E-state index in [2.05, 4.69) is 15.2 Å². The maximum Gasteiger partial charge on any atom is 0.274 e. The van der Waals surface area contributed by atoms with E-state index in [-0.39, 0.29) is 5.69 Å². The van der Waals surface area contributed by atoms with E-state index in [1.54, 1.807) is 23.2 Å². The fraction of sp³-hybridized carbons (Fsp3) is 0.235. The number of rotatable bonds is 4. The number of benzene rings is 1. The smallest absolute Gasteiger partial charge is 0.274 e. The quantitative estimate of drug-likeness (QED) is 0.869. The van der Waals surface area contributed by atoms with Crippen LogP contribution in [0.1, 0.15) is 10.5 Å². The lowest BCUT2D eigenvalue weighted by atomic mass is 10.2. The van der Waals surface area contributed by atoms with Crippen LogP contribution in [0.25, 0.3) is 0 Å². The van der Waals surface area contributed by atoms with Gasteiger partial charge in [0.1, 0.15) is 11.5 Å². The molecule has 24 heavy (non-hydrogen) atoms. The van der Waals surface area contributed by atoms with Crippen LogP contribution in [0.5, 0.6) is 0 Å². The molecule has 2 heterocycles. The average Bonchev–Trinajstić information content (AvgIpc) is 2.62. The molecule has 0 spiro atoms. The molecule has 7 heteroatoms. The molecule has 1 aliphatic rings. The number of anilines is 2. The lowest BCUT2D eigenvalue weighted by Gasteiger charge is -2.33. The molecule has 1 aromatic carbocycles. The second kappa shape index (κ2) is 7.08. The number of hydrogen-bond acceptors (Lipinski definition) is 4. The maximum atomic E-state index is 13.1. The first-order chi connectivity index (χ1) is 11.7. The number of nitrogens with zero attached hydrogens (tertiary/aromatic N) is 3. The molecule has 0 aliphatic carbocycles. The third-order valence-corrected chi connectivity index (χ3v) is 3.89. The minimum absolute atomic E-state index is 0.259. The minimum Gasteiger partial charge on any atom is -0.367 e. The van der Waals surface area contributed by atoms with Crippen LogP contribution in [-0.4, -0.2) is 48.4 Å². The summed E-state index contributed by atoms with van der Waals surface area (Å²) < 4.78 is 13.1. The minimum atomic E-state index is -0.412. The maximum absolute atomic E-state index is 13.1. The Morgan fingerprint density at radius 2 is 1.96 bits per heavy atom. The highest BCUT2D eigenvalue weighted by molar-refractivity contribution is 6.02. The fourth-order valence-corrected chi connectivity index (χ4v) is 2.55. The van der Waals surface area contributed by atoms with Gasteiger partial charge < -0.3 is 15.1 Å². The number of nitrogens with one attached hydrogen (secondary N) is 1. The summed E-state index contributed by atoms with van der Waals surface area (Å²) in [5, 5.41) is 2.61. The van der Waals surface area contributed by atoms with Gasteiger partial charge in [-0.05, 0) is 30.3 Å². The normalized spacial score (nSPS) is 14.4. The molecule has 6 nitrogen and oxygen atoms in total. The van der Waals surface area contributed by atoms with Crippen LogP contribution in [0, 0.1) is 5.82 Å². The van der Waals surface area contributed by atoms with Crippen LogP contribution in [0.3, 0.4) is 0 Å². The molecule has 0 radical (unpaired) electrons. The molecule has 2 amide bonds. The first-order valence-electron chi connectivity index (χ1n) is 7.63. The van der Waals surface area contributed by atoms with E-state index in [1.165, 1.54) is 18.2 Å². The van der Waals surface area contributed by atoms with Gasteiger partial charge in [0, 0.05) is 31.9 Å². The Balaban J connectivity index is 1.64. The second-order valence-electron chi connectivity index (χ2n) is 5.49. The molecule has 1 fully saturated rings. The summed E-state index contributed by atoms with van der Waals surface area (Å²) in [5.74, 6) is -0.802. The van der Waals surface area contributed by atoms with Gasteiger partial charge in [-0.2, -0.15) is 0 Å². The van der Waals surface area contributed by atoms with Crippen molar-refractivity contribution in [2.45, 2.75) is 0 Å². The number of halogens is 1. The van der Waals surface area contributed by atoms with Gasteiger partial charge in [-0.3, -0.25) is 9.59 Å². The number of pyridine rings is 1. The molecular weight excluding hydrogens is 311 g/mol. The highest BCUT2D eigenvalue weighted by atomic mass is 19.1. The van der Waals surface area contributed by atoms with Crippen LogP contribution >= 0.6 is 0 Å². The fourth-order valence-electron chi connectivity index (χ4n) is 2.55. The molecule has 0 saturated carbocycles. The zero-order valence-corrected chi connectivity index (χ0v) is 13.0. The van der Waals surface area contributed by atoms with Crippen LogP contribution in [0.15, 0.2) is 42.6 Å². The van der Waals surface area contributed by atoms with E-state index >= 15 is 0 Å². The van der Waals surface area contributed by atoms with Gasteiger partial charge in [-0.25, -0.2) is 9.37 Å². The summed E-state index contributed by atoms with van der Waals surface area (Å²) in [6.45, 7) is 2.81. The van der Waals surface area contributed by atoms with E-state index in [1.807, 2.05) is 6.07 Å². The number of aromatic nitrogens is 1. The molecule has 0 atom stereocenters. The molecular formula is C17H17FN4O2. The molecule has 0 unspecified atom stereocenters. The van der Waals surface area contributed by atoms with E-state index in [4.69, 9.17) is 0 Å². The summed E-state index contributed by atoms with van der Waals surface area (Å²) >= 11 is 0. The standard InChI is InChI=1S/C17H17FN4O2/c18-13-2-1-3-14(10-13)20-17(24)16-5-4-15(11-19-16)22-8-6-21(12-23)7-9-22/h1-5,10-12H,6-9H2,(H,20,24). The SMILES string of the molecule is O=CN1CCN(c2ccc(C(=O)Nc3cccc(F)c3)nc2)CC1. The van der Waals surface area contributed by atoms with Gasteiger partial charge in [-0.1, -0.05) is 6.07 Å². The summed E-state index contributed by atoms with van der Waals surface area (Å²) in [4.78, 5) is 30.9. The number of carbonyl (C=O) groups excluding carboxylic acids is 2. The van der Waals surface area contributed by atoms with Crippen LogP contribution in [-0.2, 0) is 4.79 Å². The Morgan fingerprint density at radius 3 is 2.58 bits per heavy atom. The Bertz CT molecular complexity index is 728. The highest BCUT2D eigenvalue weighted by Crippen LogP contribution is 2.16. The van der Waals surface area contributed by atoms with E-state index < -0.39 is 11.7 Å². The third-order valence-electron chi connectivity index (χ3n) is 3.89. The molecule has 1 saturated heterocycles. The van der Waals surface area contributed by atoms with Gasteiger partial charge in [0.2, 0.25) is 6.41 Å². The van der Waals surface area contributed by atoms with Crippen molar-refractivity contribution in [3.63, 3.8) is 0 Å². The van der Waals surface area contributed by atoms with E-state index in [0.717, 1.165) is 25.2 Å². The average molecular weight is 328 g/mol. The number of piperazine rings is 1. The summed E-state index contributed by atoms with van der Waals surface area (Å²) in [6.07, 6.45) is 2.49. The topological polar surface area (TPSA) is 65.5 Å². The van der Waals surface area contributed by atoms with Crippen LogP contribution < -0.4 is 10.2 Å². The van der Waals surface area contributed by atoms with Crippen molar-refractivity contribution in [1.82, 2.24) is 9.88 Å². The van der Waals surface area contributed by atoms with E-state index in [0.29, 0.717) is 18.8 Å². The van der Waals surface area contributed by atoms with Crippen molar-refractivity contribution >= 4 is 23.7 Å². The number of hydrogen-bond donors (Lipinski definition) is 1. The molecule has 2 aromatic rings. The lowest BCUT2D eigenvalue weighted by molar-refractivity contribution is -0.118. The molecule has 1 N–H and O–H groups in total. The van der Waals surface area contributed by atoms with Crippen molar-refractivity contribution in [3.05, 3.63) is 54.1 Å². The largest absolute Gasteiger partial charge is 0.367 e. The number of carbonyl (C=O) groups is 2. The van der Waals surface area contributed by atoms with Gasteiger partial charge in [-0.15, -0.1) is 0 Å². The summed E-state index contributed by atoms with van der Waals surface area (Å²) in [6, 6.07) is 9.16. The van der Waals surface area contributed by atoms with Crippen molar-refractivity contribution in [1.29, 1.82) is 0 Å². The lowest BCUT2D eigenvalue weighted by Crippen LogP contribution is -2.45. The Morgan fingerprint density at radius 1 is 1.17 bits per heavy atom. The monoisotopic (exact) mass is 328 g/mol. The van der Waals surface area contributed by atoms with Crippen LogP contribution in [0.4, 0.5) is 15.8 Å². The van der Waals surface area contributed by atoms with Crippen molar-refractivity contribution in [2.24, 2.45) is 0 Å². The van der Waals surface area contributed by atoms with Crippen molar-refractivity contribution < 1.29 is 14.0 Å². The van der Waals surface area contributed by atoms with Gasteiger partial charge in [0.25, 0.3) is 5.91 Å². The van der Waals surface area contributed by atoms with Crippen molar-refractivity contribution in [2.75, 3.05) is 36.4 Å². The van der Waals surface area contributed by atoms with E-state index in [9.17, 15) is 14.0 Å². The highest BCUT2D eigenvalue weighted by Gasteiger charge is 2.16. The Kier molecular flexibility index (Phi) is 4.69. The molecule has 3 rings (SSSR count). The molecule has 124 valence electrons. The van der Waals surface area contributed by atoms with Crippen LogP contribution in [0.2, 0.25) is 0 Å². The second-order valence-corrected chi connectivity index (χ2v) is 5.49. The summed E-state index contributed by atoms with van der Waals surface area (Å²) in [7, 11) is 0. The predicted molar refractivity (Wildman–Crippen MR) is 88.4 cm³/mol. The predicted octanol–water partition coefficient (Wildman–Crippen LogP) is 1.75. The zero-order valence-electron chi connectivity index (χ0n) is 13.0. The molecule has 1 aliphatic heterocycles. The Hall–Kier alpha value is -2.96. The van der Waals surface area contributed by atoms with Gasteiger partial charge in [0.05, 0.1) is 11.9 Å². The zero-order chi connectivity index (χ0) is 16.9. The molecule has 1 aromatic heterocycles. The third kappa shape index (κ3) is 3.68. The first-order valence-corrected chi connectivity index (χ1v) is 7.63. The van der Waals surface area contributed by atoms with Crippen molar-refractivity contribution in [3.8, 4) is 0 Å².